The van der Waals surface area contributed by atoms with Crippen molar-refractivity contribution in [2.24, 2.45) is 0 Å². The van der Waals surface area contributed by atoms with E-state index in [0.717, 1.165) is 15.6 Å². The molecule has 0 aliphatic heterocycles. The lowest BCUT2D eigenvalue weighted by Crippen LogP contribution is -2.23. The third-order valence-corrected chi connectivity index (χ3v) is 3.86. The van der Waals surface area contributed by atoms with Crippen LogP contribution in [0.15, 0.2) is 18.2 Å². The first-order valence-electron chi connectivity index (χ1n) is 5.14. The number of fused-ring (bicyclic) bond motifs is 1. The van der Waals surface area contributed by atoms with Crippen LogP contribution in [0.1, 0.15) is 15.2 Å². The highest BCUT2D eigenvalue weighted by Crippen LogP contribution is 2.35. The Morgan fingerprint density at radius 2 is 2.35 bits per heavy atom. The lowest BCUT2D eigenvalue weighted by molar-refractivity contribution is 0.0963. The van der Waals surface area contributed by atoms with Crippen LogP contribution in [-0.2, 0) is 0 Å². The van der Waals surface area contributed by atoms with Crippen molar-refractivity contribution in [3.63, 3.8) is 0 Å². The Bertz CT molecular complexity index is 622. The molecule has 0 bridgehead atoms. The summed E-state index contributed by atoms with van der Waals surface area (Å²) < 4.78 is 1.05. The molecule has 0 unspecified atom stereocenters. The number of nitrogen functional groups attached to an aromatic ring is 1. The molecule has 0 saturated heterocycles. The minimum absolute atomic E-state index is 0.207. The van der Waals surface area contributed by atoms with Gasteiger partial charge in [0.25, 0.3) is 5.91 Å². The summed E-state index contributed by atoms with van der Waals surface area (Å²) in [6.07, 6.45) is 5.10. The van der Waals surface area contributed by atoms with Gasteiger partial charge in [0.05, 0.1) is 12.2 Å². The third-order valence-electron chi connectivity index (χ3n) is 2.51. The summed E-state index contributed by atoms with van der Waals surface area (Å²) in [6.45, 7) is 2.22. The second kappa shape index (κ2) is 4.48. The monoisotopic (exact) mass is 244 g/mol. The van der Waals surface area contributed by atoms with Crippen molar-refractivity contribution in [3.05, 3.63) is 28.6 Å². The van der Waals surface area contributed by atoms with E-state index in [1.54, 1.807) is 0 Å². The molecule has 4 heteroatoms. The molecule has 1 heterocycles. The highest BCUT2D eigenvalue weighted by Gasteiger charge is 2.16. The Morgan fingerprint density at radius 1 is 1.59 bits per heavy atom. The van der Waals surface area contributed by atoms with Crippen LogP contribution in [0.2, 0.25) is 0 Å². The van der Waals surface area contributed by atoms with E-state index in [1.165, 1.54) is 11.3 Å². The summed E-state index contributed by atoms with van der Waals surface area (Å²) in [5.41, 5.74) is 7.63. The molecule has 0 atom stereocenters. The van der Waals surface area contributed by atoms with E-state index in [0.29, 0.717) is 10.6 Å². The molecule has 86 valence electrons. The quantitative estimate of drug-likeness (QED) is 0.795. The van der Waals surface area contributed by atoms with Crippen molar-refractivity contribution in [3.8, 4) is 12.3 Å². The molecule has 0 saturated carbocycles. The van der Waals surface area contributed by atoms with Gasteiger partial charge in [0.2, 0.25) is 0 Å². The maximum Gasteiger partial charge on any atom is 0.264 e. The molecule has 2 aromatic rings. The van der Waals surface area contributed by atoms with Crippen LogP contribution in [0.4, 0.5) is 5.69 Å². The van der Waals surface area contributed by atoms with Gasteiger partial charge < -0.3 is 11.1 Å². The average Bonchev–Trinajstić information content (AvgIpc) is 2.66. The van der Waals surface area contributed by atoms with Crippen molar-refractivity contribution in [1.29, 1.82) is 0 Å². The van der Waals surface area contributed by atoms with Gasteiger partial charge in [-0.05, 0) is 12.5 Å². The number of anilines is 1. The topological polar surface area (TPSA) is 55.1 Å². The number of nitrogens with one attached hydrogen (secondary N) is 1. The summed E-state index contributed by atoms with van der Waals surface area (Å²) >= 11 is 1.40. The Kier molecular flexibility index (Phi) is 3.03. The van der Waals surface area contributed by atoms with E-state index in [-0.39, 0.29) is 12.5 Å². The molecule has 3 nitrogen and oxygen atoms in total. The highest BCUT2D eigenvalue weighted by molar-refractivity contribution is 7.21. The summed E-state index contributed by atoms with van der Waals surface area (Å²) in [6, 6.07) is 5.86. The van der Waals surface area contributed by atoms with Crippen LogP contribution >= 0.6 is 11.3 Å². The first kappa shape index (κ1) is 11.5. The van der Waals surface area contributed by atoms with Gasteiger partial charge in [-0.3, -0.25) is 4.79 Å². The molecule has 0 spiro atoms. The minimum Gasteiger partial charge on any atom is -0.397 e. The number of hydrogen-bond donors (Lipinski definition) is 2. The van der Waals surface area contributed by atoms with Gasteiger partial charge in [0.15, 0.2) is 0 Å². The van der Waals surface area contributed by atoms with E-state index in [2.05, 4.69) is 11.2 Å². The van der Waals surface area contributed by atoms with Crippen molar-refractivity contribution >= 4 is 33.0 Å². The summed E-state index contributed by atoms with van der Waals surface area (Å²) in [4.78, 5) is 12.4. The molecule has 1 amide bonds. The van der Waals surface area contributed by atoms with Crippen molar-refractivity contribution < 1.29 is 4.79 Å². The Morgan fingerprint density at radius 3 is 3.00 bits per heavy atom. The minimum atomic E-state index is -0.207. The van der Waals surface area contributed by atoms with Crippen molar-refractivity contribution in [2.75, 3.05) is 12.3 Å². The number of terminal acetylenes is 1. The van der Waals surface area contributed by atoms with E-state index in [4.69, 9.17) is 12.2 Å². The van der Waals surface area contributed by atoms with Gasteiger partial charge in [0, 0.05) is 10.1 Å². The van der Waals surface area contributed by atoms with E-state index < -0.39 is 0 Å². The SMILES string of the molecule is C#CCNC(=O)c1sc2c(C)cccc2c1N. The predicted molar refractivity (Wildman–Crippen MR) is 72.1 cm³/mol. The summed E-state index contributed by atoms with van der Waals surface area (Å²) in [7, 11) is 0. The van der Waals surface area contributed by atoms with Crippen LogP contribution in [-0.4, -0.2) is 12.5 Å². The Labute approximate surface area is 104 Å². The molecule has 2 rings (SSSR count). The maximum absolute atomic E-state index is 11.8. The van der Waals surface area contributed by atoms with Crippen LogP contribution in [0.25, 0.3) is 10.1 Å². The Balaban J connectivity index is 2.50. The summed E-state index contributed by atoms with van der Waals surface area (Å²) in [5, 5.41) is 3.56. The second-order valence-electron chi connectivity index (χ2n) is 3.68. The molecule has 0 aliphatic rings. The first-order chi connectivity index (χ1) is 8.15. The number of carbonyl (C=O) groups excluding carboxylic acids is 1. The van der Waals surface area contributed by atoms with Crippen molar-refractivity contribution in [1.82, 2.24) is 5.32 Å². The van der Waals surface area contributed by atoms with Crippen LogP contribution < -0.4 is 11.1 Å². The molecule has 1 aromatic heterocycles. The number of nitrogens with two attached hydrogens (primary N) is 1. The fraction of sp³-hybridized carbons (Fsp3) is 0.154. The normalized spacial score (nSPS) is 10.1. The lowest BCUT2D eigenvalue weighted by Gasteiger charge is -1.99. The van der Waals surface area contributed by atoms with Gasteiger partial charge in [-0.15, -0.1) is 17.8 Å². The molecule has 3 N–H and O–H groups in total. The van der Waals surface area contributed by atoms with E-state index in [9.17, 15) is 4.79 Å². The molecule has 0 fully saturated rings. The molecular weight excluding hydrogens is 232 g/mol. The predicted octanol–water partition coefficient (Wildman–Crippen LogP) is 2.15. The van der Waals surface area contributed by atoms with Gasteiger partial charge in [-0.2, -0.15) is 0 Å². The second-order valence-corrected chi connectivity index (χ2v) is 4.70. The van der Waals surface area contributed by atoms with E-state index >= 15 is 0 Å². The fourth-order valence-corrected chi connectivity index (χ4v) is 2.77. The molecular formula is C13H12N2OS. The number of rotatable bonds is 2. The molecule has 17 heavy (non-hydrogen) atoms. The number of aryl methyl sites for hydroxylation is 1. The van der Waals surface area contributed by atoms with Gasteiger partial charge in [-0.25, -0.2) is 0 Å². The van der Waals surface area contributed by atoms with Gasteiger partial charge >= 0.3 is 0 Å². The number of hydrogen-bond acceptors (Lipinski definition) is 3. The maximum atomic E-state index is 11.8. The third kappa shape index (κ3) is 1.97. The number of carbonyl (C=O) groups is 1. The zero-order valence-corrected chi connectivity index (χ0v) is 10.2. The lowest BCUT2D eigenvalue weighted by atomic mass is 10.1. The zero-order valence-electron chi connectivity index (χ0n) is 9.41. The molecule has 0 radical (unpaired) electrons. The van der Waals surface area contributed by atoms with Gasteiger partial charge in [0.1, 0.15) is 4.88 Å². The molecule has 1 aromatic carbocycles. The highest BCUT2D eigenvalue weighted by atomic mass is 32.1. The van der Waals surface area contributed by atoms with Gasteiger partial charge in [-0.1, -0.05) is 24.1 Å². The van der Waals surface area contributed by atoms with Crippen LogP contribution in [0, 0.1) is 19.3 Å². The number of amides is 1. The number of thiophene rings is 1. The smallest absolute Gasteiger partial charge is 0.264 e. The van der Waals surface area contributed by atoms with Crippen LogP contribution in [0.3, 0.4) is 0 Å². The zero-order chi connectivity index (χ0) is 12.4. The largest absolute Gasteiger partial charge is 0.397 e. The summed E-state index contributed by atoms with van der Waals surface area (Å²) in [5.74, 6) is 2.16. The fourth-order valence-electron chi connectivity index (χ4n) is 1.66. The standard InChI is InChI=1S/C13H12N2OS/c1-3-7-15-13(16)12-10(14)9-6-4-5-8(2)11(9)17-12/h1,4-6H,7,14H2,2H3,(H,15,16). The first-order valence-corrected chi connectivity index (χ1v) is 5.96. The van der Waals surface area contributed by atoms with E-state index in [1.807, 2.05) is 25.1 Å². The number of benzene rings is 1. The van der Waals surface area contributed by atoms with Crippen LogP contribution in [0.5, 0.6) is 0 Å². The average molecular weight is 244 g/mol. The van der Waals surface area contributed by atoms with Crippen molar-refractivity contribution in [2.45, 2.75) is 6.92 Å². The Hall–Kier alpha value is -1.99. The molecule has 0 aliphatic carbocycles.